The fourth-order valence-electron chi connectivity index (χ4n) is 2.50. The summed E-state index contributed by atoms with van der Waals surface area (Å²) in [6.07, 6.45) is 0.990. The molecule has 18 heavy (non-hydrogen) atoms. The molecule has 0 radical (unpaired) electrons. The van der Waals surface area contributed by atoms with Gasteiger partial charge >= 0.3 is 0 Å². The predicted octanol–water partition coefficient (Wildman–Crippen LogP) is 3.44. The summed E-state index contributed by atoms with van der Waals surface area (Å²) in [5.74, 6) is 0.440. The lowest BCUT2D eigenvalue weighted by molar-refractivity contribution is 0.0442. The van der Waals surface area contributed by atoms with Crippen LogP contribution in [0.5, 0.6) is 0 Å². The van der Waals surface area contributed by atoms with Crippen LogP contribution < -0.4 is 5.73 Å². The molecule has 2 N–H and O–H groups in total. The highest BCUT2D eigenvalue weighted by Gasteiger charge is 2.22. The fraction of sp³-hybridized carbons (Fsp3) is 0.467. The van der Waals surface area contributed by atoms with Crippen LogP contribution >= 0.6 is 11.3 Å². The van der Waals surface area contributed by atoms with E-state index < -0.39 is 0 Å². The van der Waals surface area contributed by atoms with Crippen LogP contribution in [0.15, 0.2) is 29.6 Å². The third kappa shape index (κ3) is 2.74. The van der Waals surface area contributed by atoms with Gasteiger partial charge in [0.15, 0.2) is 0 Å². The zero-order chi connectivity index (χ0) is 13.1. The summed E-state index contributed by atoms with van der Waals surface area (Å²) in [6, 6.07) is 8.54. The van der Waals surface area contributed by atoms with Crippen molar-refractivity contribution in [2.75, 3.05) is 7.11 Å². The van der Waals surface area contributed by atoms with Gasteiger partial charge in [0, 0.05) is 17.9 Å². The number of rotatable bonds is 5. The highest BCUT2D eigenvalue weighted by atomic mass is 32.1. The highest BCUT2D eigenvalue weighted by Crippen LogP contribution is 2.27. The van der Waals surface area contributed by atoms with E-state index in [4.69, 9.17) is 10.5 Å². The largest absolute Gasteiger partial charge is 0.380 e. The lowest BCUT2D eigenvalue weighted by Gasteiger charge is -2.25. The van der Waals surface area contributed by atoms with Crippen LogP contribution in [-0.4, -0.2) is 19.3 Å². The van der Waals surface area contributed by atoms with E-state index in [1.165, 1.54) is 15.6 Å². The van der Waals surface area contributed by atoms with Gasteiger partial charge in [-0.3, -0.25) is 0 Å². The van der Waals surface area contributed by atoms with Crippen molar-refractivity contribution in [3.63, 3.8) is 0 Å². The summed E-state index contributed by atoms with van der Waals surface area (Å²) in [4.78, 5) is 0. The molecule has 2 aromatic rings. The number of methoxy groups -OCH3 is 1. The molecule has 1 aromatic heterocycles. The molecule has 0 aliphatic carbocycles. The van der Waals surface area contributed by atoms with E-state index in [9.17, 15) is 0 Å². The molecule has 0 saturated carbocycles. The molecule has 0 fully saturated rings. The molecule has 0 aliphatic heterocycles. The van der Waals surface area contributed by atoms with E-state index in [1.54, 1.807) is 18.4 Å². The van der Waals surface area contributed by atoms with Crippen LogP contribution in [0.1, 0.15) is 19.4 Å². The highest BCUT2D eigenvalue weighted by molar-refractivity contribution is 7.17. The number of hydrogen-bond donors (Lipinski definition) is 1. The Bertz CT molecular complexity index is 506. The summed E-state index contributed by atoms with van der Waals surface area (Å²) in [6.45, 7) is 4.31. The predicted molar refractivity (Wildman–Crippen MR) is 79.1 cm³/mol. The molecule has 0 aliphatic rings. The molecule has 98 valence electrons. The van der Waals surface area contributed by atoms with E-state index in [0.29, 0.717) is 5.92 Å². The quantitative estimate of drug-likeness (QED) is 0.897. The first-order valence-corrected chi connectivity index (χ1v) is 7.25. The molecule has 2 unspecified atom stereocenters. The molecule has 1 aromatic carbocycles. The molecule has 3 heteroatoms. The summed E-state index contributed by atoms with van der Waals surface area (Å²) in [7, 11) is 1.75. The van der Waals surface area contributed by atoms with Crippen molar-refractivity contribution in [1.82, 2.24) is 0 Å². The van der Waals surface area contributed by atoms with Gasteiger partial charge in [0.25, 0.3) is 0 Å². The maximum Gasteiger partial charge on any atom is 0.0748 e. The molecular weight excluding hydrogens is 242 g/mol. The van der Waals surface area contributed by atoms with Gasteiger partial charge in [-0.25, -0.2) is 0 Å². The summed E-state index contributed by atoms with van der Waals surface area (Å²) in [5.41, 5.74) is 7.63. The first-order chi connectivity index (χ1) is 8.63. The lowest BCUT2D eigenvalue weighted by Crippen LogP contribution is -2.41. The molecule has 2 nitrogen and oxygen atoms in total. The minimum atomic E-state index is 0.0491. The van der Waals surface area contributed by atoms with Gasteiger partial charge in [0.1, 0.15) is 0 Å². The van der Waals surface area contributed by atoms with E-state index in [0.717, 1.165) is 6.42 Å². The molecule has 0 spiro atoms. The van der Waals surface area contributed by atoms with Gasteiger partial charge in [-0.2, -0.15) is 0 Å². The molecule has 0 bridgehead atoms. The first kappa shape index (κ1) is 13.5. The maximum atomic E-state index is 6.29. The second-order valence-corrected chi connectivity index (χ2v) is 5.98. The SMILES string of the molecule is COC(C(C)C)C(N)Cc1csc2ccccc12. The molecule has 2 atom stereocenters. The Balaban J connectivity index is 2.18. The van der Waals surface area contributed by atoms with Crippen LogP contribution in [0.25, 0.3) is 10.1 Å². The molecule has 0 saturated heterocycles. The van der Waals surface area contributed by atoms with Crippen molar-refractivity contribution >= 4 is 21.4 Å². The van der Waals surface area contributed by atoms with E-state index in [1.807, 2.05) is 0 Å². The summed E-state index contributed by atoms with van der Waals surface area (Å²) < 4.78 is 6.84. The van der Waals surface area contributed by atoms with Crippen molar-refractivity contribution in [2.45, 2.75) is 32.4 Å². The van der Waals surface area contributed by atoms with Gasteiger partial charge in [0.2, 0.25) is 0 Å². The number of benzene rings is 1. The van der Waals surface area contributed by atoms with Crippen LogP contribution in [-0.2, 0) is 11.2 Å². The number of fused-ring (bicyclic) bond motifs is 1. The second-order valence-electron chi connectivity index (χ2n) is 5.07. The fourth-order valence-corrected chi connectivity index (χ4v) is 3.48. The minimum absolute atomic E-state index is 0.0491. The summed E-state index contributed by atoms with van der Waals surface area (Å²) in [5, 5.41) is 3.55. The topological polar surface area (TPSA) is 35.2 Å². The lowest BCUT2D eigenvalue weighted by atomic mass is 9.94. The standard InChI is InChI=1S/C15H21NOS/c1-10(2)15(17-3)13(16)8-11-9-18-14-7-5-4-6-12(11)14/h4-7,9-10,13,15H,8,16H2,1-3H3. The first-order valence-electron chi connectivity index (χ1n) is 6.37. The van der Waals surface area contributed by atoms with Gasteiger partial charge in [-0.05, 0) is 34.7 Å². The van der Waals surface area contributed by atoms with E-state index in [2.05, 4.69) is 43.5 Å². The summed E-state index contributed by atoms with van der Waals surface area (Å²) >= 11 is 1.79. The van der Waals surface area contributed by atoms with Crippen LogP contribution in [0, 0.1) is 5.92 Å². The van der Waals surface area contributed by atoms with Crippen molar-refractivity contribution in [2.24, 2.45) is 11.7 Å². The Morgan fingerprint density at radius 1 is 1.28 bits per heavy atom. The maximum absolute atomic E-state index is 6.29. The Kier molecular flexibility index (Phi) is 4.38. The Morgan fingerprint density at radius 3 is 2.67 bits per heavy atom. The molecule has 2 rings (SSSR count). The monoisotopic (exact) mass is 263 g/mol. The Morgan fingerprint density at radius 2 is 2.00 bits per heavy atom. The van der Waals surface area contributed by atoms with Gasteiger partial charge in [0.05, 0.1) is 6.10 Å². The molecule has 0 amide bonds. The van der Waals surface area contributed by atoms with Gasteiger partial charge in [-0.15, -0.1) is 11.3 Å². The second kappa shape index (κ2) is 5.83. The van der Waals surface area contributed by atoms with Crippen molar-refractivity contribution in [3.8, 4) is 0 Å². The normalized spacial score (nSPS) is 15.2. The Hall–Kier alpha value is -0.900. The number of ether oxygens (including phenoxy) is 1. The smallest absolute Gasteiger partial charge is 0.0748 e. The average molecular weight is 263 g/mol. The van der Waals surface area contributed by atoms with E-state index in [-0.39, 0.29) is 12.1 Å². The van der Waals surface area contributed by atoms with Crippen LogP contribution in [0.3, 0.4) is 0 Å². The van der Waals surface area contributed by atoms with Crippen LogP contribution in [0.2, 0.25) is 0 Å². The number of thiophene rings is 1. The average Bonchev–Trinajstić information content (AvgIpc) is 2.73. The minimum Gasteiger partial charge on any atom is -0.380 e. The van der Waals surface area contributed by atoms with Gasteiger partial charge < -0.3 is 10.5 Å². The third-order valence-electron chi connectivity index (χ3n) is 3.37. The zero-order valence-corrected chi connectivity index (χ0v) is 12.0. The van der Waals surface area contributed by atoms with Crippen LogP contribution in [0.4, 0.5) is 0 Å². The molecular formula is C15H21NOS. The molecule has 1 heterocycles. The van der Waals surface area contributed by atoms with E-state index >= 15 is 0 Å². The zero-order valence-electron chi connectivity index (χ0n) is 11.2. The Labute approximate surface area is 113 Å². The number of nitrogens with two attached hydrogens (primary N) is 1. The van der Waals surface area contributed by atoms with Crippen molar-refractivity contribution < 1.29 is 4.74 Å². The number of hydrogen-bond acceptors (Lipinski definition) is 3. The van der Waals surface area contributed by atoms with Crippen molar-refractivity contribution in [3.05, 3.63) is 35.2 Å². The van der Waals surface area contributed by atoms with Crippen molar-refractivity contribution in [1.29, 1.82) is 0 Å². The third-order valence-corrected chi connectivity index (χ3v) is 4.38. The van der Waals surface area contributed by atoms with Gasteiger partial charge in [-0.1, -0.05) is 32.0 Å².